The molecular formula is C18H23N3O5S. The van der Waals surface area contributed by atoms with E-state index in [0.717, 1.165) is 24.2 Å². The van der Waals surface area contributed by atoms with Crippen LogP contribution in [0, 0.1) is 0 Å². The van der Waals surface area contributed by atoms with Crippen LogP contribution in [0.4, 0.5) is 0 Å². The first-order valence-corrected chi connectivity index (χ1v) is 10.7. The zero-order valence-electron chi connectivity index (χ0n) is 15.0. The van der Waals surface area contributed by atoms with Gasteiger partial charge in [0.1, 0.15) is 0 Å². The van der Waals surface area contributed by atoms with Crippen LogP contribution in [0.5, 0.6) is 0 Å². The highest BCUT2D eigenvalue weighted by atomic mass is 32.2. The van der Waals surface area contributed by atoms with Gasteiger partial charge in [0, 0.05) is 32.6 Å². The maximum absolute atomic E-state index is 12.2. The molecule has 1 fully saturated rings. The number of piperidine rings is 1. The predicted molar refractivity (Wildman–Crippen MR) is 98.6 cm³/mol. The van der Waals surface area contributed by atoms with Crippen LogP contribution in [0.3, 0.4) is 0 Å². The van der Waals surface area contributed by atoms with Crippen molar-refractivity contribution in [2.24, 2.45) is 0 Å². The maximum atomic E-state index is 12.2. The Hall–Kier alpha value is -2.26. The van der Waals surface area contributed by atoms with E-state index in [0.29, 0.717) is 24.2 Å². The molecule has 0 aromatic heterocycles. The number of nitrogens with one attached hydrogen (secondary N) is 1. The van der Waals surface area contributed by atoms with Crippen LogP contribution in [0.15, 0.2) is 24.3 Å². The fourth-order valence-electron chi connectivity index (χ4n) is 3.34. The summed E-state index contributed by atoms with van der Waals surface area (Å²) in [5.41, 5.74) is 0.686. The lowest BCUT2D eigenvalue weighted by atomic mass is 10.1. The summed E-state index contributed by atoms with van der Waals surface area (Å²) in [6, 6.07) is 6.54. The summed E-state index contributed by atoms with van der Waals surface area (Å²) in [6.45, 7) is 1.06. The van der Waals surface area contributed by atoms with Crippen molar-refractivity contribution in [1.82, 2.24) is 14.5 Å². The van der Waals surface area contributed by atoms with Crippen LogP contribution in [0.25, 0.3) is 0 Å². The summed E-state index contributed by atoms with van der Waals surface area (Å²) >= 11 is 0. The van der Waals surface area contributed by atoms with Gasteiger partial charge in [0.15, 0.2) is 0 Å². The fraction of sp³-hybridized carbons (Fsp3) is 0.500. The monoisotopic (exact) mass is 393 g/mol. The minimum Gasteiger partial charge on any atom is -0.355 e. The Morgan fingerprint density at radius 1 is 1.00 bits per heavy atom. The van der Waals surface area contributed by atoms with E-state index < -0.39 is 21.8 Å². The minimum absolute atomic E-state index is 0.0137. The molecule has 1 aromatic carbocycles. The first-order valence-electron chi connectivity index (χ1n) is 9.10. The number of amides is 3. The van der Waals surface area contributed by atoms with Gasteiger partial charge in [-0.2, -0.15) is 0 Å². The predicted octanol–water partition coefficient (Wildman–Crippen LogP) is 0.605. The Bertz CT molecular complexity index is 811. The molecule has 2 heterocycles. The van der Waals surface area contributed by atoms with E-state index in [4.69, 9.17) is 0 Å². The molecule has 3 rings (SSSR count). The van der Waals surface area contributed by atoms with Gasteiger partial charge in [-0.15, -0.1) is 0 Å². The molecule has 0 atom stereocenters. The smallest absolute Gasteiger partial charge is 0.261 e. The summed E-state index contributed by atoms with van der Waals surface area (Å²) in [5.74, 6) is -1.35. The van der Waals surface area contributed by atoms with Gasteiger partial charge in [0.05, 0.1) is 16.9 Å². The molecule has 9 heteroatoms. The van der Waals surface area contributed by atoms with E-state index in [-0.39, 0.29) is 31.2 Å². The highest BCUT2D eigenvalue weighted by molar-refractivity contribution is 7.89. The Morgan fingerprint density at radius 3 is 2.19 bits per heavy atom. The molecule has 1 N–H and O–H groups in total. The summed E-state index contributed by atoms with van der Waals surface area (Å²) in [6.07, 6.45) is 2.72. The molecule has 146 valence electrons. The largest absolute Gasteiger partial charge is 0.355 e. The van der Waals surface area contributed by atoms with Crippen LogP contribution in [-0.2, 0) is 14.8 Å². The Morgan fingerprint density at radius 2 is 1.59 bits per heavy atom. The molecule has 1 saturated heterocycles. The molecule has 3 amide bonds. The molecule has 0 bridgehead atoms. The molecule has 0 saturated carbocycles. The summed E-state index contributed by atoms with van der Waals surface area (Å²) in [4.78, 5) is 37.5. The Kier molecular flexibility index (Phi) is 5.91. The second-order valence-electron chi connectivity index (χ2n) is 6.68. The lowest BCUT2D eigenvalue weighted by molar-refractivity contribution is -0.121. The number of hydrogen-bond donors (Lipinski definition) is 1. The molecule has 0 aliphatic carbocycles. The van der Waals surface area contributed by atoms with Crippen molar-refractivity contribution in [3.63, 3.8) is 0 Å². The molecule has 27 heavy (non-hydrogen) atoms. The molecule has 2 aliphatic rings. The molecule has 1 aromatic rings. The number of nitrogens with zero attached hydrogens (tertiary/aromatic N) is 2. The zero-order chi connectivity index (χ0) is 19.4. The van der Waals surface area contributed by atoms with Gasteiger partial charge in [-0.05, 0) is 25.0 Å². The second-order valence-corrected chi connectivity index (χ2v) is 8.77. The standard InChI is InChI=1S/C18H23N3O5S/c22-16(19-9-13-27(25,26)20-10-4-1-5-11-20)8-12-21-17(23)14-6-2-3-7-15(14)18(21)24/h2-3,6-7H,1,4-5,8-13H2,(H,19,22). The number of hydrogen-bond acceptors (Lipinski definition) is 5. The molecule has 0 radical (unpaired) electrons. The van der Waals surface area contributed by atoms with Crippen LogP contribution < -0.4 is 5.32 Å². The zero-order valence-corrected chi connectivity index (χ0v) is 15.8. The topological polar surface area (TPSA) is 104 Å². The van der Waals surface area contributed by atoms with Gasteiger partial charge in [-0.1, -0.05) is 18.6 Å². The highest BCUT2D eigenvalue weighted by Gasteiger charge is 2.35. The van der Waals surface area contributed by atoms with Crippen LogP contribution >= 0.6 is 0 Å². The van der Waals surface area contributed by atoms with Crippen molar-refractivity contribution >= 4 is 27.7 Å². The van der Waals surface area contributed by atoms with Gasteiger partial charge in [0.2, 0.25) is 15.9 Å². The van der Waals surface area contributed by atoms with Gasteiger partial charge >= 0.3 is 0 Å². The fourth-order valence-corrected chi connectivity index (χ4v) is 4.77. The van der Waals surface area contributed by atoms with Crippen LogP contribution in [0.1, 0.15) is 46.4 Å². The van der Waals surface area contributed by atoms with Gasteiger partial charge < -0.3 is 5.32 Å². The van der Waals surface area contributed by atoms with Crippen molar-refractivity contribution in [1.29, 1.82) is 0 Å². The lowest BCUT2D eigenvalue weighted by Gasteiger charge is -2.25. The SMILES string of the molecule is O=C(CCN1C(=O)c2ccccc2C1=O)NCCS(=O)(=O)N1CCCCC1. The molecule has 8 nitrogen and oxygen atoms in total. The van der Waals surface area contributed by atoms with Crippen molar-refractivity contribution in [2.45, 2.75) is 25.7 Å². The summed E-state index contributed by atoms with van der Waals surface area (Å²) < 4.78 is 25.9. The Balaban J connectivity index is 1.44. The first-order chi connectivity index (χ1) is 12.9. The third-order valence-corrected chi connectivity index (χ3v) is 6.70. The average molecular weight is 393 g/mol. The van der Waals surface area contributed by atoms with Crippen molar-refractivity contribution in [3.05, 3.63) is 35.4 Å². The first kappa shape index (κ1) is 19.5. The quantitative estimate of drug-likeness (QED) is 0.684. The molecule has 0 unspecified atom stereocenters. The van der Waals surface area contributed by atoms with E-state index in [2.05, 4.69) is 5.32 Å². The van der Waals surface area contributed by atoms with Crippen LogP contribution in [-0.4, -0.2) is 67.3 Å². The number of rotatable bonds is 7. The number of imide groups is 1. The normalized spacial score (nSPS) is 17.9. The number of fused-ring (bicyclic) bond motifs is 1. The number of sulfonamides is 1. The van der Waals surface area contributed by atoms with Crippen molar-refractivity contribution in [3.8, 4) is 0 Å². The number of carbonyl (C=O) groups is 3. The van der Waals surface area contributed by atoms with E-state index in [1.807, 2.05) is 0 Å². The van der Waals surface area contributed by atoms with E-state index in [1.165, 1.54) is 4.31 Å². The third-order valence-electron chi connectivity index (χ3n) is 4.83. The van der Waals surface area contributed by atoms with Crippen molar-refractivity contribution in [2.75, 3.05) is 31.9 Å². The number of benzene rings is 1. The van der Waals surface area contributed by atoms with Gasteiger partial charge in [-0.3, -0.25) is 19.3 Å². The van der Waals surface area contributed by atoms with Gasteiger partial charge in [-0.25, -0.2) is 12.7 Å². The molecule has 0 spiro atoms. The minimum atomic E-state index is -3.36. The average Bonchev–Trinajstić information content (AvgIpc) is 2.91. The van der Waals surface area contributed by atoms with E-state index in [1.54, 1.807) is 24.3 Å². The Labute approximate surface area is 158 Å². The van der Waals surface area contributed by atoms with E-state index in [9.17, 15) is 22.8 Å². The van der Waals surface area contributed by atoms with Crippen LogP contribution in [0.2, 0.25) is 0 Å². The van der Waals surface area contributed by atoms with Gasteiger partial charge in [0.25, 0.3) is 11.8 Å². The number of carbonyl (C=O) groups excluding carboxylic acids is 3. The summed E-state index contributed by atoms with van der Waals surface area (Å²) in [5, 5.41) is 2.56. The second kappa shape index (κ2) is 8.18. The third kappa shape index (κ3) is 4.36. The molecule has 2 aliphatic heterocycles. The highest BCUT2D eigenvalue weighted by Crippen LogP contribution is 2.22. The summed E-state index contributed by atoms with van der Waals surface area (Å²) in [7, 11) is -3.36. The maximum Gasteiger partial charge on any atom is 0.261 e. The van der Waals surface area contributed by atoms with Crippen molar-refractivity contribution < 1.29 is 22.8 Å². The molecular weight excluding hydrogens is 370 g/mol. The lowest BCUT2D eigenvalue weighted by Crippen LogP contribution is -2.41. The van der Waals surface area contributed by atoms with E-state index >= 15 is 0 Å².